The molecular weight excluding hydrogens is 354 g/mol. The first-order valence-corrected chi connectivity index (χ1v) is 10.0. The summed E-state index contributed by atoms with van der Waals surface area (Å²) < 4.78 is 1.37. The first-order valence-electron chi connectivity index (χ1n) is 10.0. The van der Waals surface area contributed by atoms with E-state index >= 15 is 0 Å². The van der Waals surface area contributed by atoms with E-state index in [2.05, 4.69) is 30.9 Å². The lowest BCUT2D eigenvalue weighted by Gasteiger charge is -2.39. The quantitative estimate of drug-likeness (QED) is 0.744. The fourth-order valence-electron chi connectivity index (χ4n) is 3.96. The van der Waals surface area contributed by atoms with Crippen LogP contribution in [0, 0.1) is 0 Å². The van der Waals surface area contributed by atoms with Gasteiger partial charge in [0.25, 0.3) is 5.56 Å². The van der Waals surface area contributed by atoms with E-state index in [1.54, 1.807) is 25.6 Å². The maximum absolute atomic E-state index is 11.8. The molecule has 1 saturated carbocycles. The molecule has 2 aromatic heterocycles. The summed E-state index contributed by atoms with van der Waals surface area (Å²) in [5.41, 5.74) is 0.944. The van der Waals surface area contributed by atoms with Gasteiger partial charge in [0.2, 0.25) is 0 Å². The second-order valence-corrected chi connectivity index (χ2v) is 8.10. The van der Waals surface area contributed by atoms with Gasteiger partial charge in [-0.1, -0.05) is 0 Å². The van der Waals surface area contributed by atoms with Crippen LogP contribution in [0.15, 0.2) is 29.5 Å². The van der Waals surface area contributed by atoms with Crippen LogP contribution in [0.2, 0.25) is 0 Å². The molecule has 2 aliphatic rings. The zero-order valence-electron chi connectivity index (χ0n) is 17.0. The minimum Gasteiger partial charge on any atom is -0.363 e. The minimum absolute atomic E-state index is 0.0484. The van der Waals surface area contributed by atoms with Crippen molar-refractivity contribution in [2.24, 2.45) is 7.05 Å². The Labute approximate surface area is 165 Å². The zero-order valence-corrected chi connectivity index (χ0v) is 17.0. The average Bonchev–Trinajstić information content (AvgIpc) is 3.52. The normalized spacial score (nSPS) is 18.2. The van der Waals surface area contributed by atoms with Crippen LogP contribution < -0.4 is 15.4 Å². The third-order valence-electron chi connectivity index (χ3n) is 5.68. The topological polar surface area (TPSA) is 70.4 Å². The van der Waals surface area contributed by atoms with E-state index < -0.39 is 0 Å². The molecule has 150 valence electrons. The van der Waals surface area contributed by atoms with Crippen molar-refractivity contribution in [1.82, 2.24) is 24.6 Å². The largest absolute Gasteiger partial charge is 0.363 e. The number of rotatable bonds is 6. The van der Waals surface area contributed by atoms with Gasteiger partial charge < -0.3 is 9.80 Å². The number of aryl methyl sites for hydroxylation is 1. The molecule has 4 rings (SSSR count). The Bertz CT molecular complexity index is 869. The van der Waals surface area contributed by atoms with Gasteiger partial charge in [-0.05, 0) is 31.2 Å². The van der Waals surface area contributed by atoms with Crippen molar-refractivity contribution in [1.29, 1.82) is 0 Å². The molecule has 2 aromatic rings. The van der Waals surface area contributed by atoms with E-state index in [1.165, 1.54) is 17.5 Å². The second kappa shape index (κ2) is 7.87. The minimum atomic E-state index is -0.0484. The molecule has 1 aliphatic heterocycles. The molecule has 0 atom stereocenters. The number of anilines is 2. The molecule has 1 aliphatic carbocycles. The van der Waals surface area contributed by atoms with Gasteiger partial charge in [0.1, 0.15) is 18.0 Å². The Hall–Kier alpha value is -2.48. The molecule has 0 radical (unpaired) electrons. The van der Waals surface area contributed by atoms with Gasteiger partial charge in [-0.15, -0.1) is 0 Å². The summed E-state index contributed by atoms with van der Waals surface area (Å²) >= 11 is 0. The Kier molecular flexibility index (Phi) is 5.30. The van der Waals surface area contributed by atoms with Gasteiger partial charge >= 0.3 is 0 Å². The Morgan fingerprint density at radius 1 is 1.04 bits per heavy atom. The van der Waals surface area contributed by atoms with E-state index in [0.29, 0.717) is 12.1 Å². The summed E-state index contributed by atoms with van der Waals surface area (Å²) in [6.07, 6.45) is 8.19. The van der Waals surface area contributed by atoms with Crippen molar-refractivity contribution in [2.45, 2.75) is 44.3 Å². The molecule has 3 heterocycles. The predicted octanol–water partition coefficient (Wildman–Crippen LogP) is 1.27. The van der Waals surface area contributed by atoms with Gasteiger partial charge in [-0.2, -0.15) is 5.10 Å². The van der Waals surface area contributed by atoms with E-state index in [4.69, 9.17) is 0 Å². The lowest BCUT2D eigenvalue weighted by molar-refractivity contribution is 0.200. The van der Waals surface area contributed by atoms with Gasteiger partial charge in [0, 0.05) is 65.0 Å². The fraction of sp³-hybridized carbons (Fsp3) is 0.600. The molecule has 0 unspecified atom stereocenters. The number of aromatic nitrogens is 4. The molecular formula is C20H29N7O. The smallest absolute Gasteiger partial charge is 0.266 e. The van der Waals surface area contributed by atoms with Gasteiger partial charge in [0.15, 0.2) is 0 Å². The monoisotopic (exact) mass is 383 g/mol. The Morgan fingerprint density at radius 2 is 1.71 bits per heavy atom. The molecule has 8 heteroatoms. The summed E-state index contributed by atoms with van der Waals surface area (Å²) in [5.74, 6) is 2.00. The SMILES string of the molecule is CN(C)c1cc(N(C2CC2)C2CCN(Cc3cnn(C)c(=O)c3)CC2)ncn1. The third-order valence-corrected chi connectivity index (χ3v) is 5.68. The summed E-state index contributed by atoms with van der Waals surface area (Å²) in [6.45, 7) is 2.83. The first-order chi connectivity index (χ1) is 13.5. The van der Waals surface area contributed by atoms with Crippen molar-refractivity contribution in [3.63, 3.8) is 0 Å². The standard InChI is InChI=1S/C20H29N7O/c1-24(2)18-11-19(22-14-21-18)27(16-4-5-16)17-6-8-26(9-7-17)13-15-10-20(28)25(3)23-12-15/h10-12,14,16-17H,4-9,13H2,1-3H3. The molecule has 0 bridgehead atoms. The number of piperidine rings is 1. The average molecular weight is 384 g/mol. The highest BCUT2D eigenvalue weighted by Gasteiger charge is 2.36. The van der Waals surface area contributed by atoms with Gasteiger partial charge in [-0.25, -0.2) is 14.6 Å². The fourth-order valence-corrected chi connectivity index (χ4v) is 3.96. The molecule has 28 heavy (non-hydrogen) atoms. The first kappa shape index (κ1) is 18.9. The molecule has 2 fully saturated rings. The van der Waals surface area contributed by atoms with Crippen LogP contribution in [0.3, 0.4) is 0 Å². The van der Waals surface area contributed by atoms with E-state index in [-0.39, 0.29) is 5.56 Å². The molecule has 8 nitrogen and oxygen atoms in total. The highest BCUT2D eigenvalue weighted by Crippen LogP contribution is 2.36. The van der Waals surface area contributed by atoms with E-state index in [9.17, 15) is 4.79 Å². The van der Waals surface area contributed by atoms with E-state index in [0.717, 1.165) is 49.7 Å². The number of hydrogen-bond acceptors (Lipinski definition) is 7. The molecule has 0 N–H and O–H groups in total. The highest BCUT2D eigenvalue weighted by atomic mass is 16.1. The number of nitrogens with zero attached hydrogens (tertiary/aromatic N) is 7. The van der Waals surface area contributed by atoms with Crippen molar-refractivity contribution in [2.75, 3.05) is 37.0 Å². The maximum Gasteiger partial charge on any atom is 0.266 e. The second-order valence-electron chi connectivity index (χ2n) is 8.10. The summed E-state index contributed by atoms with van der Waals surface area (Å²) in [5, 5.41) is 4.13. The summed E-state index contributed by atoms with van der Waals surface area (Å²) in [6, 6.07) is 4.92. The van der Waals surface area contributed by atoms with Crippen LogP contribution in [-0.4, -0.2) is 63.9 Å². The highest BCUT2D eigenvalue weighted by molar-refractivity contribution is 5.51. The predicted molar refractivity (Wildman–Crippen MR) is 110 cm³/mol. The lowest BCUT2D eigenvalue weighted by atomic mass is 10.0. The molecule has 1 saturated heterocycles. The van der Waals surface area contributed by atoms with Crippen LogP contribution in [-0.2, 0) is 13.6 Å². The van der Waals surface area contributed by atoms with Crippen molar-refractivity contribution >= 4 is 11.6 Å². The molecule has 0 spiro atoms. The van der Waals surface area contributed by atoms with Crippen LogP contribution in [0.1, 0.15) is 31.2 Å². The third kappa shape index (κ3) is 4.16. The van der Waals surface area contributed by atoms with Crippen LogP contribution in [0.5, 0.6) is 0 Å². The Balaban J connectivity index is 1.42. The van der Waals surface area contributed by atoms with Crippen LogP contribution >= 0.6 is 0 Å². The summed E-state index contributed by atoms with van der Waals surface area (Å²) in [4.78, 5) is 27.7. The van der Waals surface area contributed by atoms with Gasteiger partial charge in [0.05, 0.1) is 6.20 Å². The molecule has 0 amide bonds. The number of hydrogen-bond donors (Lipinski definition) is 0. The summed E-state index contributed by atoms with van der Waals surface area (Å²) in [7, 11) is 5.70. The lowest BCUT2D eigenvalue weighted by Crippen LogP contribution is -2.46. The van der Waals surface area contributed by atoms with Crippen molar-refractivity contribution in [3.8, 4) is 0 Å². The van der Waals surface area contributed by atoms with Crippen molar-refractivity contribution in [3.05, 3.63) is 40.6 Å². The number of likely N-dealkylation sites (tertiary alicyclic amines) is 1. The van der Waals surface area contributed by atoms with Crippen LogP contribution in [0.25, 0.3) is 0 Å². The zero-order chi connectivity index (χ0) is 19.7. The van der Waals surface area contributed by atoms with Crippen molar-refractivity contribution < 1.29 is 0 Å². The molecule has 0 aromatic carbocycles. The van der Waals surface area contributed by atoms with E-state index in [1.807, 2.05) is 19.0 Å². The van der Waals surface area contributed by atoms with Crippen LogP contribution in [0.4, 0.5) is 11.6 Å². The Morgan fingerprint density at radius 3 is 2.36 bits per heavy atom. The maximum atomic E-state index is 11.8. The van der Waals surface area contributed by atoms with Gasteiger partial charge in [-0.3, -0.25) is 9.69 Å².